The monoisotopic (exact) mass is 351 g/mol. The van der Waals surface area contributed by atoms with Gasteiger partial charge in [0, 0.05) is 23.3 Å². The molecule has 3 N–H and O–H groups in total. The number of benzene rings is 2. The summed E-state index contributed by atoms with van der Waals surface area (Å²) in [6.07, 6.45) is 0. The van der Waals surface area contributed by atoms with Gasteiger partial charge in [-0.2, -0.15) is 0 Å². The Morgan fingerprint density at radius 2 is 1.87 bits per heavy atom. The van der Waals surface area contributed by atoms with Crippen LogP contribution in [0.3, 0.4) is 0 Å². The summed E-state index contributed by atoms with van der Waals surface area (Å²) < 4.78 is 0. The van der Waals surface area contributed by atoms with E-state index in [-0.39, 0.29) is 18.4 Å². The summed E-state index contributed by atoms with van der Waals surface area (Å²) in [6.45, 7) is 0.0333. The number of carbonyl (C=O) groups is 2. The van der Waals surface area contributed by atoms with Gasteiger partial charge in [0.15, 0.2) is 0 Å². The van der Waals surface area contributed by atoms with Gasteiger partial charge in [0.25, 0.3) is 5.91 Å². The van der Waals surface area contributed by atoms with E-state index in [2.05, 4.69) is 16.0 Å². The standard InChI is InChI=1S/C16H15Cl2N3O2/c1-19-16(23)10-3-2-4-12(7-10)21-15(22)9-20-14-6-5-11(17)8-13(14)18/h2-8,20H,9H2,1H3,(H,19,23)(H,21,22). The van der Waals surface area contributed by atoms with Gasteiger partial charge >= 0.3 is 0 Å². The van der Waals surface area contributed by atoms with Crippen molar-refractivity contribution in [2.75, 3.05) is 24.2 Å². The molecule has 120 valence electrons. The van der Waals surface area contributed by atoms with Gasteiger partial charge in [-0.25, -0.2) is 0 Å². The summed E-state index contributed by atoms with van der Waals surface area (Å²) in [5.74, 6) is -0.475. The molecule has 0 saturated carbocycles. The molecular formula is C16H15Cl2N3O2. The topological polar surface area (TPSA) is 70.2 Å². The Labute approximate surface area is 144 Å². The van der Waals surface area contributed by atoms with Crippen LogP contribution in [0.5, 0.6) is 0 Å². The Morgan fingerprint density at radius 1 is 1.09 bits per heavy atom. The quantitative estimate of drug-likeness (QED) is 0.772. The summed E-state index contributed by atoms with van der Waals surface area (Å²) in [7, 11) is 1.55. The van der Waals surface area contributed by atoms with Crippen molar-refractivity contribution in [3.63, 3.8) is 0 Å². The summed E-state index contributed by atoms with van der Waals surface area (Å²) >= 11 is 11.8. The zero-order valence-corrected chi connectivity index (χ0v) is 13.8. The number of hydrogen-bond donors (Lipinski definition) is 3. The lowest BCUT2D eigenvalue weighted by Gasteiger charge is -2.10. The van der Waals surface area contributed by atoms with Crippen molar-refractivity contribution < 1.29 is 9.59 Å². The van der Waals surface area contributed by atoms with Crippen molar-refractivity contribution >= 4 is 46.4 Å². The normalized spacial score (nSPS) is 10.0. The second kappa shape index (κ2) is 7.85. The van der Waals surface area contributed by atoms with E-state index in [1.54, 1.807) is 49.5 Å². The lowest BCUT2D eigenvalue weighted by Crippen LogP contribution is -2.22. The fourth-order valence-corrected chi connectivity index (χ4v) is 2.37. The Morgan fingerprint density at radius 3 is 2.57 bits per heavy atom. The van der Waals surface area contributed by atoms with Crippen molar-refractivity contribution in [1.82, 2.24) is 5.32 Å². The van der Waals surface area contributed by atoms with Gasteiger partial charge in [0.05, 0.1) is 17.3 Å². The Hall–Kier alpha value is -2.24. The number of hydrogen-bond acceptors (Lipinski definition) is 3. The van der Waals surface area contributed by atoms with Crippen LogP contribution in [0.2, 0.25) is 10.0 Å². The van der Waals surface area contributed by atoms with Crippen molar-refractivity contribution in [2.45, 2.75) is 0 Å². The molecule has 0 aromatic heterocycles. The number of anilines is 2. The molecule has 2 aromatic rings. The van der Waals surface area contributed by atoms with Crippen LogP contribution in [0, 0.1) is 0 Å². The van der Waals surface area contributed by atoms with Crippen molar-refractivity contribution in [3.05, 3.63) is 58.1 Å². The molecule has 0 atom stereocenters. The maximum Gasteiger partial charge on any atom is 0.251 e. The third-order valence-corrected chi connectivity index (χ3v) is 3.55. The van der Waals surface area contributed by atoms with Gasteiger partial charge in [-0.3, -0.25) is 9.59 Å². The minimum atomic E-state index is -0.259. The van der Waals surface area contributed by atoms with Gasteiger partial charge < -0.3 is 16.0 Å². The summed E-state index contributed by atoms with van der Waals surface area (Å²) in [4.78, 5) is 23.5. The first-order valence-electron chi connectivity index (χ1n) is 6.80. The Balaban J connectivity index is 1.96. The van der Waals surface area contributed by atoms with Crippen LogP contribution in [-0.4, -0.2) is 25.4 Å². The maximum absolute atomic E-state index is 12.0. The molecule has 2 rings (SSSR count). The lowest BCUT2D eigenvalue weighted by atomic mass is 10.2. The molecular weight excluding hydrogens is 337 g/mol. The molecule has 2 aromatic carbocycles. The molecule has 0 heterocycles. The third kappa shape index (κ3) is 4.87. The molecule has 0 aliphatic rings. The maximum atomic E-state index is 12.0. The lowest BCUT2D eigenvalue weighted by molar-refractivity contribution is -0.114. The predicted molar refractivity (Wildman–Crippen MR) is 93.4 cm³/mol. The number of rotatable bonds is 5. The molecule has 0 fully saturated rings. The first-order valence-corrected chi connectivity index (χ1v) is 7.56. The van der Waals surface area contributed by atoms with E-state index >= 15 is 0 Å². The van der Waals surface area contributed by atoms with Crippen LogP contribution >= 0.6 is 23.2 Å². The second-order valence-corrected chi connectivity index (χ2v) is 5.53. The number of nitrogens with one attached hydrogen (secondary N) is 3. The number of carbonyl (C=O) groups excluding carboxylic acids is 2. The van der Waals surface area contributed by atoms with E-state index in [4.69, 9.17) is 23.2 Å². The molecule has 0 saturated heterocycles. The van der Waals surface area contributed by atoms with Crippen molar-refractivity contribution in [3.8, 4) is 0 Å². The smallest absolute Gasteiger partial charge is 0.251 e. The van der Waals surface area contributed by atoms with E-state index in [1.165, 1.54) is 0 Å². The fraction of sp³-hybridized carbons (Fsp3) is 0.125. The molecule has 0 aliphatic carbocycles. The molecule has 0 spiro atoms. The molecule has 2 amide bonds. The minimum absolute atomic E-state index is 0.0333. The zero-order valence-electron chi connectivity index (χ0n) is 12.3. The second-order valence-electron chi connectivity index (χ2n) is 4.69. The molecule has 0 unspecified atom stereocenters. The summed E-state index contributed by atoms with van der Waals surface area (Å²) in [5, 5.41) is 9.13. The molecule has 0 bridgehead atoms. The van der Waals surface area contributed by atoms with Gasteiger partial charge in [-0.1, -0.05) is 29.3 Å². The Kier molecular flexibility index (Phi) is 5.84. The SMILES string of the molecule is CNC(=O)c1cccc(NC(=O)CNc2ccc(Cl)cc2Cl)c1. The van der Waals surface area contributed by atoms with E-state index in [1.807, 2.05) is 0 Å². The third-order valence-electron chi connectivity index (χ3n) is 3.01. The van der Waals surface area contributed by atoms with Gasteiger partial charge in [-0.15, -0.1) is 0 Å². The predicted octanol–water partition coefficient (Wildman–Crippen LogP) is 3.40. The van der Waals surface area contributed by atoms with Crippen LogP contribution in [0.15, 0.2) is 42.5 Å². The molecule has 7 heteroatoms. The average Bonchev–Trinajstić information content (AvgIpc) is 2.53. The van der Waals surface area contributed by atoms with Gasteiger partial charge in [-0.05, 0) is 36.4 Å². The highest BCUT2D eigenvalue weighted by Crippen LogP contribution is 2.25. The van der Waals surface area contributed by atoms with E-state index in [9.17, 15) is 9.59 Å². The van der Waals surface area contributed by atoms with E-state index in [0.717, 1.165) is 0 Å². The van der Waals surface area contributed by atoms with Crippen molar-refractivity contribution in [2.24, 2.45) is 0 Å². The fourth-order valence-electron chi connectivity index (χ4n) is 1.90. The highest BCUT2D eigenvalue weighted by molar-refractivity contribution is 6.36. The highest BCUT2D eigenvalue weighted by Gasteiger charge is 2.07. The number of halogens is 2. The largest absolute Gasteiger partial charge is 0.375 e. The van der Waals surface area contributed by atoms with Crippen LogP contribution in [0.25, 0.3) is 0 Å². The Bertz CT molecular complexity index is 735. The van der Waals surface area contributed by atoms with Crippen LogP contribution in [-0.2, 0) is 4.79 Å². The summed E-state index contributed by atoms with van der Waals surface area (Å²) in [6, 6.07) is 11.6. The highest BCUT2D eigenvalue weighted by atomic mass is 35.5. The zero-order chi connectivity index (χ0) is 16.8. The van der Waals surface area contributed by atoms with Gasteiger partial charge in [0.1, 0.15) is 0 Å². The van der Waals surface area contributed by atoms with Crippen molar-refractivity contribution in [1.29, 1.82) is 0 Å². The van der Waals surface area contributed by atoms with E-state index < -0.39 is 0 Å². The molecule has 5 nitrogen and oxygen atoms in total. The minimum Gasteiger partial charge on any atom is -0.375 e. The number of amides is 2. The first-order chi connectivity index (χ1) is 11.0. The van der Waals surface area contributed by atoms with E-state index in [0.29, 0.717) is 27.0 Å². The van der Waals surface area contributed by atoms with Gasteiger partial charge in [0.2, 0.25) is 5.91 Å². The van der Waals surface area contributed by atoms with Crippen LogP contribution in [0.1, 0.15) is 10.4 Å². The average molecular weight is 352 g/mol. The molecule has 0 radical (unpaired) electrons. The van der Waals surface area contributed by atoms with Crippen LogP contribution < -0.4 is 16.0 Å². The summed E-state index contributed by atoms with van der Waals surface area (Å²) in [5.41, 5.74) is 1.63. The molecule has 23 heavy (non-hydrogen) atoms. The first kappa shape index (κ1) is 17.1. The van der Waals surface area contributed by atoms with Crippen LogP contribution in [0.4, 0.5) is 11.4 Å². The molecule has 0 aliphatic heterocycles.